The second-order valence-electron chi connectivity index (χ2n) is 4.81. The van der Waals surface area contributed by atoms with E-state index in [1.165, 1.54) is 6.42 Å². The zero-order chi connectivity index (χ0) is 12.8. The van der Waals surface area contributed by atoms with Gasteiger partial charge in [-0.15, -0.1) is 0 Å². The van der Waals surface area contributed by atoms with E-state index in [1.54, 1.807) is 0 Å². The average Bonchev–Trinajstić information content (AvgIpc) is 2.45. The van der Waals surface area contributed by atoms with Gasteiger partial charge in [0.1, 0.15) is 5.82 Å². The van der Waals surface area contributed by atoms with E-state index < -0.39 is 0 Å². The number of nitrogens with two attached hydrogens (primary N) is 1. The van der Waals surface area contributed by atoms with Gasteiger partial charge in [0.2, 0.25) is 0 Å². The maximum absolute atomic E-state index is 5.85. The van der Waals surface area contributed by atoms with Crippen molar-refractivity contribution in [3.05, 3.63) is 23.9 Å². The summed E-state index contributed by atoms with van der Waals surface area (Å²) < 4.78 is 5.85. The van der Waals surface area contributed by atoms with Gasteiger partial charge < -0.3 is 15.4 Å². The minimum atomic E-state index is 0.349. The number of anilines is 1. The molecule has 2 heterocycles. The molecule has 0 amide bonds. The standard InChI is InChI=1S/C14H23N3O/c1-2-8-18-13-4-3-7-17(11-13)14-9-12(10-15)5-6-16-14/h5-6,9,13H,2-4,7-8,10-11,15H2,1H3. The highest BCUT2D eigenvalue weighted by molar-refractivity contribution is 5.41. The fourth-order valence-electron chi connectivity index (χ4n) is 2.33. The molecule has 0 aliphatic carbocycles. The normalized spacial score (nSPS) is 20.1. The molecule has 1 fully saturated rings. The van der Waals surface area contributed by atoms with Gasteiger partial charge in [-0.2, -0.15) is 0 Å². The molecule has 1 unspecified atom stereocenters. The molecule has 1 aliphatic heterocycles. The second kappa shape index (κ2) is 6.71. The molecule has 0 aromatic carbocycles. The van der Waals surface area contributed by atoms with E-state index in [0.29, 0.717) is 12.6 Å². The molecule has 0 radical (unpaired) electrons. The van der Waals surface area contributed by atoms with Gasteiger partial charge in [0.15, 0.2) is 0 Å². The fourth-order valence-corrected chi connectivity index (χ4v) is 2.33. The molecule has 1 aromatic heterocycles. The Labute approximate surface area is 109 Å². The van der Waals surface area contributed by atoms with Crippen LogP contribution in [0.5, 0.6) is 0 Å². The van der Waals surface area contributed by atoms with E-state index in [0.717, 1.165) is 43.9 Å². The molecule has 100 valence electrons. The van der Waals surface area contributed by atoms with Gasteiger partial charge in [-0.25, -0.2) is 4.98 Å². The Hall–Kier alpha value is -1.13. The smallest absolute Gasteiger partial charge is 0.128 e. The summed E-state index contributed by atoms with van der Waals surface area (Å²) in [4.78, 5) is 6.75. The first-order chi connectivity index (χ1) is 8.83. The van der Waals surface area contributed by atoms with Crippen LogP contribution in [0.15, 0.2) is 18.3 Å². The fraction of sp³-hybridized carbons (Fsp3) is 0.643. The first kappa shape index (κ1) is 13.3. The van der Waals surface area contributed by atoms with Crippen LogP contribution in [0.3, 0.4) is 0 Å². The number of nitrogens with zero attached hydrogens (tertiary/aromatic N) is 2. The van der Waals surface area contributed by atoms with E-state index in [4.69, 9.17) is 10.5 Å². The number of rotatable bonds is 5. The van der Waals surface area contributed by atoms with Crippen molar-refractivity contribution in [3.63, 3.8) is 0 Å². The molecule has 2 rings (SSSR count). The van der Waals surface area contributed by atoms with Crippen LogP contribution in [-0.4, -0.2) is 30.8 Å². The molecule has 1 atom stereocenters. The molecule has 4 nitrogen and oxygen atoms in total. The lowest BCUT2D eigenvalue weighted by molar-refractivity contribution is 0.0439. The van der Waals surface area contributed by atoms with Crippen molar-refractivity contribution in [1.82, 2.24) is 4.98 Å². The molecular formula is C14H23N3O. The van der Waals surface area contributed by atoms with Gasteiger partial charge in [-0.1, -0.05) is 6.92 Å². The molecule has 2 N–H and O–H groups in total. The largest absolute Gasteiger partial charge is 0.376 e. The molecule has 1 aromatic rings. The van der Waals surface area contributed by atoms with Crippen LogP contribution in [0.2, 0.25) is 0 Å². The summed E-state index contributed by atoms with van der Waals surface area (Å²) in [5.74, 6) is 1.03. The van der Waals surface area contributed by atoms with Crippen LogP contribution in [-0.2, 0) is 11.3 Å². The third-order valence-electron chi connectivity index (χ3n) is 3.31. The van der Waals surface area contributed by atoms with Gasteiger partial charge in [0.25, 0.3) is 0 Å². The zero-order valence-corrected chi connectivity index (χ0v) is 11.1. The summed E-state index contributed by atoms with van der Waals surface area (Å²) in [6.45, 7) is 5.58. The molecular weight excluding hydrogens is 226 g/mol. The number of hydrogen-bond donors (Lipinski definition) is 1. The Balaban J connectivity index is 1.98. The van der Waals surface area contributed by atoms with Crippen LogP contribution < -0.4 is 10.6 Å². The third kappa shape index (κ3) is 3.43. The number of ether oxygens (including phenoxy) is 1. The summed E-state index contributed by atoms with van der Waals surface area (Å²) in [5.41, 5.74) is 6.81. The highest BCUT2D eigenvalue weighted by Crippen LogP contribution is 2.20. The van der Waals surface area contributed by atoms with Crippen LogP contribution in [0.4, 0.5) is 5.82 Å². The monoisotopic (exact) mass is 249 g/mol. The highest BCUT2D eigenvalue weighted by Gasteiger charge is 2.21. The summed E-state index contributed by atoms with van der Waals surface area (Å²) in [5, 5.41) is 0. The average molecular weight is 249 g/mol. The maximum Gasteiger partial charge on any atom is 0.128 e. The Morgan fingerprint density at radius 1 is 1.56 bits per heavy atom. The molecule has 0 spiro atoms. The summed E-state index contributed by atoms with van der Waals surface area (Å²) in [7, 11) is 0. The van der Waals surface area contributed by atoms with E-state index in [1.807, 2.05) is 12.3 Å². The molecule has 1 saturated heterocycles. The van der Waals surface area contributed by atoms with E-state index in [2.05, 4.69) is 22.9 Å². The minimum absolute atomic E-state index is 0.349. The topological polar surface area (TPSA) is 51.4 Å². The van der Waals surface area contributed by atoms with Crippen LogP contribution in [0.1, 0.15) is 31.7 Å². The van der Waals surface area contributed by atoms with Crippen molar-refractivity contribution >= 4 is 5.82 Å². The first-order valence-electron chi connectivity index (χ1n) is 6.85. The molecule has 0 bridgehead atoms. The molecule has 0 saturated carbocycles. The Morgan fingerprint density at radius 3 is 3.22 bits per heavy atom. The summed E-state index contributed by atoms with van der Waals surface area (Å²) in [6.07, 6.45) is 5.60. The Bertz CT molecular complexity index is 370. The van der Waals surface area contributed by atoms with Crippen LogP contribution in [0.25, 0.3) is 0 Å². The molecule has 4 heteroatoms. The van der Waals surface area contributed by atoms with Crippen LogP contribution >= 0.6 is 0 Å². The van der Waals surface area contributed by atoms with Crippen molar-refractivity contribution in [3.8, 4) is 0 Å². The van der Waals surface area contributed by atoms with Gasteiger partial charge in [-0.3, -0.25) is 0 Å². The first-order valence-corrected chi connectivity index (χ1v) is 6.85. The van der Waals surface area contributed by atoms with Crippen molar-refractivity contribution in [1.29, 1.82) is 0 Å². The lowest BCUT2D eigenvalue weighted by Crippen LogP contribution is -2.40. The van der Waals surface area contributed by atoms with E-state index in [9.17, 15) is 0 Å². The molecule has 18 heavy (non-hydrogen) atoms. The summed E-state index contributed by atoms with van der Waals surface area (Å²) >= 11 is 0. The van der Waals surface area contributed by atoms with Gasteiger partial charge in [-0.05, 0) is 37.0 Å². The van der Waals surface area contributed by atoms with Gasteiger partial charge in [0, 0.05) is 32.4 Å². The lowest BCUT2D eigenvalue weighted by atomic mass is 10.1. The van der Waals surface area contributed by atoms with Crippen molar-refractivity contribution in [2.24, 2.45) is 5.73 Å². The minimum Gasteiger partial charge on any atom is -0.376 e. The highest BCUT2D eigenvalue weighted by atomic mass is 16.5. The quantitative estimate of drug-likeness (QED) is 0.866. The van der Waals surface area contributed by atoms with Crippen LogP contribution in [0, 0.1) is 0 Å². The number of aromatic nitrogens is 1. The number of piperidine rings is 1. The van der Waals surface area contributed by atoms with E-state index >= 15 is 0 Å². The predicted molar refractivity (Wildman–Crippen MR) is 73.6 cm³/mol. The lowest BCUT2D eigenvalue weighted by Gasteiger charge is -2.33. The zero-order valence-electron chi connectivity index (χ0n) is 11.1. The Kier molecular flexibility index (Phi) is 4.96. The second-order valence-corrected chi connectivity index (χ2v) is 4.81. The SMILES string of the molecule is CCCOC1CCCN(c2cc(CN)ccn2)C1. The van der Waals surface area contributed by atoms with E-state index in [-0.39, 0.29) is 0 Å². The predicted octanol–water partition coefficient (Wildman–Crippen LogP) is 1.94. The van der Waals surface area contributed by atoms with Crippen molar-refractivity contribution in [2.75, 3.05) is 24.6 Å². The Morgan fingerprint density at radius 2 is 2.44 bits per heavy atom. The maximum atomic E-state index is 5.85. The summed E-state index contributed by atoms with van der Waals surface area (Å²) in [6, 6.07) is 4.06. The van der Waals surface area contributed by atoms with Gasteiger partial charge >= 0.3 is 0 Å². The number of pyridine rings is 1. The molecule has 1 aliphatic rings. The van der Waals surface area contributed by atoms with Gasteiger partial charge in [0.05, 0.1) is 6.10 Å². The van der Waals surface area contributed by atoms with Crippen molar-refractivity contribution < 1.29 is 4.74 Å². The third-order valence-corrected chi connectivity index (χ3v) is 3.31. The number of hydrogen-bond acceptors (Lipinski definition) is 4. The van der Waals surface area contributed by atoms with Crippen molar-refractivity contribution in [2.45, 2.75) is 38.8 Å².